The van der Waals surface area contributed by atoms with Crippen LogP contribution in [-0.4, -0.2) is 47.7 Å². The van der Waals surface area contributed by atoms with E-state index in [2.05, 4.69) is 19.2 Å². The molecule has 1 saturated heterocycles. The molecule has 0 saturated carbocycles. The maximum atomic E-state index is 6.03. The van der Waals surface area contributed by atoms with E-state index in [1.54, 1.807) is 14.2 Å². The zero-order valence-corrected chi connectivity index (χ0v) is 14.3. The van der Waals surface area contributed by atoms with Gasteiger partial charge in [-0.15, -0.1) is 0 Å². The van der Waals surface area contributed by atoms with E-state index >= 15 is 0 Å². The number of nitrogens with one attached hydrogen (secondary N) is 1. The van der Waals surface area contributed by atoms with Gasteiger partial charge in [0.1, 0.15) is 5.22 Å². The highest BCUT2D eigenvalue weighted by Gasteiger charge is 2.62. The summed E-state index contributed by atoms with van der Waals surface area (Å²) in [5.74, 6) is 0. The van der Waals surface area contributed by atoms with Crippen LogP contribution in [0.2, 0.25) is 6.04 Å². The Balaban J connectivity index is 0.00000324. The monoisotopic (exact) mass is 292 g/mol. The third kappa shape index (κ3) is 3.20. The summed E-state index contributed by atoms with van der Waals surface area (Å²) in [6.45, 7) is 5.30. The summed E-state index contributed by atoms with van der Waals surface area (Å²) in [7, 11) is 3.06. The summed E-state index contributed by atoms with van der Waals surface area (Å²) in [5, 5.41) is 3.32. The maximum Gasteiger partial charge on any atom is 0.372 e. The average Bonchev–Trinajstić information content (AvgIpc) is 2.41. The molecule has 0 aromatic rings. The van der Waals surface area contributed by atoms with Crippen molar-refractivity contribution in [3.8, 4) is 0 Å². The van der Waals surface area contributed by atoms with Gasteiger partial charge in [-0.05, 0) is 31.9 Å². The van der Waals surface area contributed by atoms with Crippen LogP contribution in [0.15, 0.2) is 0 Å². The molecule has 1 aliphatic heterocycles. The van der Waals surface area contributed by atoms with Crippen molar-refractivity contribution in [1.82, 2.24) is 11.5 Å². The van der Waals surface area contributed by atoms with Crippen LogP contribution in [0, 0.1) is 0 Å². The van der Waals surface area contributed by atoms with E-state index in [1.807, 2.05) is 7.11 Å². The summed E-state index contributed by atoms with van der Waals surface area (Å²) < 4.78 is 17.9. The standard InChI is InChI=1S/C13H29NO3Si.H3N/c1-6-10-13(15-3)12(14-7-2)9-8-11-18(13,16-4)17-5;/h12,14H,6-11H2,1-5H3;1H3. The molecule has 0 bridgehead atoms. The Morgan fingerprint density at radius 3 is 2.26 bits per heavy atom. The molecule has 1 aliphatic rings. The number of ether oxygens (including phenoxy) is 1. The van der Waals surface area contributed by atoms with Gasteiger partial charge in [-0.25, -0.2) is 0 Å². The second kappa shape index (κ2) is 8.34. The smallest absolute Gasteiger partial charge is 0.372 e. The molecule has 0 aliphatic carbocycles. The van der Waals surface area contributed by atoms with Crippen molar-refractivity contribution in [1.29, 1.82) is 0 Å². The van der Waals surface area contributed by atoms with E-state index in [0.29, 0.717) is 6.04 Å². The van der Waals surface area contributed by atoms with Gasteiger partial charge in [0.15, 0.2) is 0 Å². The molecule has 0 radical (unpaired) electrons. The topological polar surface area (TPSA) is 74.7 Å². The summed E-state index contributed by atoms with van der Waals surface area (Å²) >= 11 is 0. The first kappa shape index (κ1) is 19.0. The Kier molecular flexibility index (Phi) is 8.34. The minimum absolute atomic E-state index is 0. The highest BCUT2D eigenvalue weighted by Crippen LogP contribution is 2.42. The third-order valence-corrected chi connectivity index (χ3v) is 8.72. The van der Waals surface area contributed by atoms with E-state index in [-0.39, 0.29) is 11.4 Å². The lowest BCUT2D eigenvalue weighted by atomic mass is 9.99. The number of hydrogen-bond acceptors (Lipinski definition) is 5. The first-order valence-corrected chi connectivity index (χ1v) is 9.07. The van der Waals surface area contributed by atoms with Crippen LogP contribution in [0.3, 0.4) is 0 Å². The average molecular weight is 292 g/mol. The lowest BCUT2D eigenvalue weighted by Gasteiger charge is -2.52. The summed E-state index contributed by atoms with van der Waals surface area (Å²) in [4.78, 5) is 0. The molecule has 4 N–H and O–H groups in total. The molecular weight excluding hydrogens is 260 g/mol. The van der Waals surface area contributed by atoms with E-state index in [9.17, 15) is 0 Å². The molecule has 0 amide bonds. The first-order chi connectivity index (χ1) is 8.66. The SMILES string of the molecule is CCCC1(OC)C(NCC)CCC[Si]1(OC)OC.N. The quantitative estimate of drug-likeness (QED) is 0.705. The van der Waals surface area contributed by atoms with Crippen LogP contribution in [0.5, 0.6) is 0 Å². The third-order valence-electron chi connectivity index (χ3n) is 4.30. The first-order valence-electron chi connectivity index (χ1n) is 7.05. The molecule has 5 nitrogen and oxygen atoms in total. The molecule has 1 fully saturated rings. The normalized spacial score (nSPS) is 29.8. The molecule has 0 aromatic heterocycles. The van der Waals surface area contributed by atoms with Crippen LogP contribution in [0.1, 0.15) is 39.5 Å². The van der Waals surface area contributed by atoms with Crippen LogP contribution >= 0.6 is 0 Å². The van der Waals surface area contributed by atoms with Crippen LogP contribution in [0.25, 0.3) is 0 Å². The largest absolute Gasteiger partial charge is 0.396 e. The summed E-state index contributed by atoms with van der Waals surface area (Å²) in [6.07, 6.45) is 4.37. The fourth-order valence-corrected chi connectivity index (χ4v) is 7.61. The Bertz CT molecular complexity index is 250. The van der Waals surface area contributed by atoms with E-state index in [0.717, 1.165) is 38.3 Å². The predicted molar refractivity (Wildman–Crippen MR) is 80.9 cm³/mol. The number of rotatable bonds is 7. The van der Waals surface area contributed by atoms with Crippen LogP contribution < -0.4 is 11.5 Å². The minimum atomic E-state index is -2.32. The lowest BCUT2D eigenvalue weighted by Crippen LogP contribution is -2.73. The molecule has 19 heavy (non-hydrogen) atoms. The molecular formula is C13H32N2O3Si. The van der Waals surface area contributed by atoms with Gasteiger partial charge in [0.2, 0.25) is 0 Å². The number of hydrogen-bond donors (Lipinski definition) is 2. The van der Waals surface area contributed by atoms with E-state index < -0.39 is 8.56 Å². The Morgan fingerprint density at radius 1 is 1.21 bits per heavy atom. The second-order valence-electron chi connectivity index (χ2n) is 5.01. The second-order valence-corrected chi connectivity index (χ2v) is 8.68. The van der Waals surface area contributed by atoms with Crippen molar-refractivity contribution >= 4 is 8.56 Å². The highest BCUT2D eigenvalue weighted by atomic mass is 28.4. The Hall–Kier alpha value is 0.0169. The molecule has 2 unspecified atom stereocenters. The molecule has 6 heteroatoms. The number of likely N-dealkylation sites (N-methyl/N-ethyl adjacent to an activating group) is 1. The zero-order chi connectivity index (χ0) is 13.6. The molecule has 1 rings (SSSR count). The number of methoxy groups -OCH3 is 1. The minimum Gasteiger partial charge on any atom is -0.396 e. The van der Waals surface area contributed by atoms with Gasteiger partial charge in [0.25, 0.3) is 0 Å². The van der Waals surface area contributed by atoms with Gasteiger partial charge in [0.05, 0.1) is 0 Å². The van der Waals surface area contributed by atoms with Gasteiger partial charge >= 0.3 is 8.56 Å². The molecule has 0 spiro atoms. The van der Waals surface area contributed by atoms with Crippen LogP contribution in [0.4, 0.5) is 0 Å². The van der Waals surface area contributed by atoms with Crippen molar-refractivity contribution in [2.45, 2.75) is 56.8 Å². The molecule has 116 valence electrons. The van der Waals surface area contributed by atoms with Crippen molar-refractivity contribution in [3.63, 3.8) is 0 Å². The Labute approximate surface area is 119 Å². The summed E-state index contributed by atoms with van der Waals surface area (Å²) in [5.41, 5.74) is 0. The maximum absolute atomic E-state index is 6.03. The van der Waals surface area contributed by atoms with E-state index in [1.165, 1.54) is 0 Å². The Morgan fingerprint density at radius 2 is 1.84 bits per heavy atom. The highest BCUT2D eigenvalue weighted by molar-refractivity contribution is 6.71. The molecule has 2 atom stereocenters. The van der Waals surface area contributed by atoms with E-state index in [4.69, 9.17) is 13.6 Å². The van der Waals surface area contributed by atoms with Crippen molar-refractivity contribution < 1.29 is 13.6 Å². The molecule has 0 aromatic carbocycles. The fraction of sp³-hybridized carbons (Fsp3) is 1.00. The van der Waals surface area contributed by atoms with Crippen LogP contribution in [-0.2, 0) is 13.6 Å². The lowest BCUT2D eigenvalue weighted by molar-refractivity contribution is -0.0368. The fourth-order valence-electron chi connectivity index (χ4n) is 3.53. The van der Waals surface area contributed by atoms with Crippen molar-refractivity contribution in [2.24, 2.45) is 0 Å². The van der Waals surface area contributed by atoms with Crippen molar-refractivity contribution in [3.05, 3.63) is 0 Å². The van der Waals surface area contributed by atoms with Gasteiger partial charge in [-0.2, -0.15) is 0 Å². The van der Waals surface area contributed by atoms with Gasteiger partial charge in [-0.3, -0.25) is 0 Å². The predicted octanol–water partition coefficient (Wildman–Crippen LogP) is 2.38. The van der Waals surface area contributed by atoms with Gasteiger partial charge in [-0.1, -0.05) is 20.3 Å². The zero-order valence-electron chi connectivity index (χ0n) is 13.3. The van der Waals surface area contributed by atoms with Crippen molar-refractivity contribution in [2.75, 3.05) is 27.9 Å². The summed E-state index contributed by atoms with van der Waals surface area (Å²) in [6, 6.07) is 1.36. The molecule has 1 heterocycles. The van der Waals surface area contributed by atoms with Gasteiger partial charge < -0.3 is 25.1 Å². The van der Waals surface area contributed by atoms with Gasteiger partial charge in [0, 0.05) is 27.4 Å².